The first kappa shape index (κ1) is 15.6. The van der Waals surface area contributed by atoms with Gasteiger partial charge in [0, 0.05) is 11.9 Å². The van der Waals surface area contributed by atoms with E-state index in [1.54, 1.807) is 6.20 Å². The van der Waals surface area contributed by atoms with E-state index in [1.165, 1.54) is 0 Å². The molecule has 0 saturated carbocycles. The molecule has 1 aliphatic heterocycles. The van der Waals surface area contributed by atoms with Crippen molar-refractivity contribution in [2.75, 3.05) is 5.75 Å². The Labute approximate surface area is 127 Å². The number of pyridine rings is 1. The van der Waals surface area contributed by atoms with Crippen LogP contribution in [0.4, 0.5) is 0 Å². The molecule has 1 aliphatic rings. The molecular formula is C15H22BNO2S. The van der Waals surface area contributed by atoms with Gasteiger partial charge in [0.2, 0.25) is 0 Å². The minimum atomic E-state index is -0.362. The van der Waals surface area contributed by atoms with Crippen LogP contribution >= 0.6 is 12.6 Å². The van der Waals surface area contributed by atoms with Gasteiger partial charge in [-0.25, -0.2) is 0 Å². The molecule has 0 radical (unpaired) electrons. The van der Waals surface area contributed by atoms with Gasteiger partial charge in [0.25, 0.3) is 0 Å². The van der Waals surface area contributed by atoms with Crippen LogP contribution in [-0.2, 0) is 9.31 Å². The number of hydrogen-bond acceptors (Lipinski definition) is 4. The van der Waals surface area contributed by atoms with E-state index in [0.29, 0.717) is 5.75 Å². The topological polar surface area (TPSA) is 31.4 Å². The predicted octanol–water partition coefficient (Wildman–Crippen LogP) is 3.33. The number of nitrogens with zero attached hydrogens (tertiary/aromatic N) is 1. The van der Waals surface area contributed by atoms with Crippen LogP contribution < -0.4 is 0 Å². The van der Waals surface area contributed by atoms with Crippen LogP contribution in [0.2, 0.25) is 0 Å². The highest BCUT2D eigenvalue weighted by molar-refractivity contribution is 7.80. The first-order valence-corrected chi connectivity index (χ1v) is 7.49. The third-order valence-corrected chi connectivity index (χ3v) is 4.48. The van der Waals surface area contributed by atoms with Gasteiger partial charge >= 0.3 is 7.12 Å². The third kappa shape index (κ3) is 2.95. The van der Waals surface area contributed by atoms with E-state index in [4.69, 9.17) is 9.31 Å². The van der Waals surface area contributed by atoms with Gasteiger partial charge in [0.15, 0.2) is 0 Å². The molecule has 2 rings (SSSR count). The van der Waals surface area contributed by atoms with E-state index >= 15 is 0 Å². The van der Waals surface area contributed by atoms with Crippen LogP contribution in [0, 0.1) is 6.92 Å². The monoisotopic (exact) mass is 291 g/mol. The molecule has 108 valence electrons. The van der Waals surface area contributed by atoms with Gasteiger partial charge in [-0.1, -0.05) is 6.07 Å². The van der Waals surface area contributed by atoms with Gasteiger partial charge < -0.3 is 9.31 Å². The number of hydrogen-bond donors (Lipinski definition) is 1. The molecule has 0 spiro atoms. The summed E-state index contributed by atoms with van der Waals surface area (Å²) < 4.78 is 12.1. The van der Waals surface area contributed by atoms with Crippen molar-refractivity contribution in [3.8, 4) is 0 Å². The molecule has 0 aliphatic carbocycles. The molecule has 0 aromatic carbocycles. The fraction of sp³-hybridized carbons (Fsp3) is 0.533. The molecule has 0 N–H and O–H groups in total. The quantitative estimate of drug-likeness (QED) is 0.684. The Morgan fingerprint density at radius 2 is 1.90 bits per heavy atom. The second-order valence-electron chi connectivity index (χ2n) is 6.17. The maximum absolute atomic E-state index is 6.06. The standard InChI is InChI=1S/C15H22BNO2S/c1-11-7-6-8-17-13(11)9-12(10-20)16-18-14(2,3)15(4,5)19-16/h6-9,20H,10H2,1-5H3. The number of rotatable bonds is 3. The summed E-state index contributed by atoms with van der Waals surface area (Å²) in [5, 5.41) is 0. The van der Waals surface area contributed by atoms with Gasteiger partial charge in [-0.05, 0) is 57.8 Å². The molecule has 0 atom stereocenters. The first-order valence-electron chi connectivity index (χ1n) is 6.85. The molecule has 3 nitrogen and oxygen atoms in total. The molecule has 1 aromatic heterocycles. The Morgan fingerprint density at radius 1 is 1.30 bits per heavy atom. The Hall–Kier alpha value is -0.775. The zero-order valence-electron chi connectivity index (χ0n) is 12.8. The highest BCUT2D eigenvalue weighted by atomic mass is 32.1. The SMILES string of the molecule is Cc1cccnc1C=C(CS)B1OC(C)(C)C(C)(C)O1. The first-order chi connectivity index (χ1) is 9.27. The summed E-state index contributed by atoms with van der Waals surface area (Å²) in [4.78, 5) is 4.39. The van der Waals surface area contributed by atoms with E-state index in [2.05, 4.69) is 45.3 Å². The van der Waals surface area contributed by atoms with Gasteiger partial charge in [-0.3, -0.25) is 4.98 Å². The summed E-state index contributed by atoms with van der Waals surface area (Å²) in [5.74, 6) is 0.576. The van der Waals surface area contributed by atoms with Crippen LogP contribution in [-0.4, -0.2) is 29.1 Å². The van der Waals surface area contributed by atoms with E-state index in [1.807, 2.05) is 25.1 Å². The lowest BCUT2D eigenvalue weighted by Gasteiger charge is -2.32. The van der Waals surface area contributed by atoms with E-state index in [9.17, 15) is 0 Å². The highest BCUT2D eigenvalue weighted by Gasteiger charge is 2.52. The second kappa shape index (κ2) is 5.55. The van der Waals surface area contributed by atoms with E-state index in [-0.39, 0.29) is 18.3 Å². The number of aromatic nitrogens is 1. The molecular weight excluding hydrogens is 269 g/mol. The van der Waals surface area contributed by atoms with Crippen LogP contribution in [0.5, 0.6) is 0 Å². The summed E-state index contributed by atoms with van der Waals surface area (Å²) in [5.41, 5.74) is 2.39. The molecule has 1 aromatic rings. The molecule has 0 unspecified atom stereocenters. The summed E-state index contributed by atoms with van der Waals surface area (Å²) in [6.07, 6.45) is 3.81. The minimum absolute atomic E-state index is 0.334. The van der Waals surface area contributed by atoms with Gasteiger partial charge in [-0.15, -0.1) is 0 Å². The van der Waals surface area contributed by atoms with Crippen molar-refractivity contribution in [3.63, 3.8) is 0 Å². The lowest BCUT2D eigenvalue weighted by Crippen LogP contribution is -2.41. The molecule has 2 heterocycles. The van der Waals surface area contributed by atoms with Crippen LogP contribution in [0.15, 0.2) is 23.8 Å². The van der Waals surface area contributed by atoms with Crippen molar-refractivity contribution >= 4 is 25.8 Å². The van der Waals surface area contributed by atoms with Gasteiger partial charge in [0.1, 0.15) is 0 Å². The fourth-order valence-corrected chi connectivity index (χ4v) is 2.25. The summed E-state index contributed by atoms with van der Waals surface area (Å²) in [7, 11) is -0.362. The highest BCUT2D eigenvalue weighted by Crippen LogP contribution is 2.38. The summed E-state index contributed by atoms with van der Waals surface area (Å²) in [6.45, 7) is 10.2. The predicted molar refractivity (Wildman–Crippen MR) is 86.9 cm³/mol. The average Bonchev–Trinajstić information content (AvgIpc) is 2.57. The van der Waals surface area contributed by atoms with Crippen LogP contribution in [0.25, 0.3) is 6.08 Å². The number of thiol groups is 1. The van der Waals surface area contributed by atoms with Crippen molar-refractivity contribution in [3.05, 3.63) is 35.1 Å². The largest absolute Gasteiger partial charge is 0.491 e. The molecule has 20 heavy (non-hydrogen) atoms. The van der Waals surface area contributed by atoms with Crippen LogP contribution in [0.3, 0.4) is 0 Å². The third-order valence-electron chi connectivity index (χ3n) is 4.11. The average molecular weight is 291 g/mol. The Kier molecular flexibility index (Phi) is 4.33. The Bertz CT molecular complexity index is 512. The summed E-state index contributed by atoms with van der Waals surface area (Å²) >= 11 is 4.41. The smallest absolute Gasteiger partial charge is 0.400 e. The van der Waals surface area contributed by atoms with Gasteiger partial charge in [-0.2, -0.15) is 12.6 Å². The summed E-state index contributed by atoms with van der Waals surface area (Å²) in [6, 6.07) is 3.97. The van der Waals surface area contributed by atoms with Crippen molar-refractivity contribution in [2.24, 2.45) is 0 Å². The zero-order chi connectivity index (χ0) is 15.0. The molecule has 1 fully saturated rings. The molecule has 0 amide bonds. The van der Waals surface area contributed by atoms with Crippen molar-refractivity contribution in [1.29, 1.82) is 0 Å². The van der Waals surface area contributed by atoms with E-state index < -0.39 is 0 Å². The van der Waals surface area contributed by atoms with Gasteiger partial charge in [0.05, 0.1) is 16.9 Å². The minimum Gasteiger partial charge on any atom is -0.400 e. The zero-order valence-corrected chi connectivity index (χ0v) is 13.7. The Balaban J connectivity index is 2.29. The Morgan fingerprint density at radius 3 is 2.40 bits per heavy atom. The van der Waals surface area contributed by atoms with Crippen molar-refractivity contribution < 1.29 is 9.31 Å². The maximum atomic E-state index is 6.06. The second-order valence-corrected chi connectivity index (χ2v) is 6.49. The fourth-order valence-electron chi connectivity index (χ4n) is 2.01. The normalized spacial score (nSPS) is 21.3. The number of aryl methyl sites for hydroxylation is 1. The maximum Gasteiger partial charge on any atom is 0.491 e. The molecule has 1 saturated heterocycles. The van der Waals surface area contributed by atoms with Crippen LogP contribution in [0.1, 0.15) is 39.0 Å². The van der Waals surface area contributed by atoms with E-state index in [0.717, 1.165) is 16.7 Å². The van der Waals surface area contributed by atoms with Crippen molar-refractivity contribution in [2.45, 2.75) is 45.8 Å². The lowest BCUT2D eigenvalue weighted by atomic mass is 9.78. The molecule has 0 bridgehead atoms. The lowest BCUT2D eigenvalue weighted by molar-refractivity contribution is 0.00578. The van der Waals surface area contributed by atoms with Crippen molar-refractivity contribution in [1.82, 2.24) is 4.98 Å². The molecule has 5 heteroatoms.